The third-order valence-electron chi connectivity index (χ3n) is 3.31. The molecule has 2 N–H and O–H groups in total. The zero-order chi connectivity index (χ0) is 15.2. The number of hydrogen-bond acceptors (Lipinski definition) is 3. The fraction of sp³-hybridized carbons (Fsp3) is 0.400. The number of benzene rings is 1. The Kier molecular flexibility index (Phi) is 4.92. The van der Waals surface area contributed by atoms with Crippen LogP contribution in [0.5, 0.6) is 0 Å². The molecule has 0 bridgehead atoms. The lowest BCUT2D eigenvalue weighted by atomic mass is 10.2. The van der Waals surface area contributed by atoms with Crippen LogP contribution in [0.15, 0.2) is 33.9 Å². The maximum Gasteiger partial charge on any atom is 0.329 e. The molecule has 0 fully saturated rings. The zero-order valence-corrected chi connectivity index (χ0v) is 12.0. The number of H-pyrrole nitrogens is 1. The quantitative estimate of drug-likeness (QED) is 0.778. The fourth-order valence-electron chi connectivity index (χ4n) is 2.20. The van der Waals surface area contributed by atoms with E-state index in [2.05, 4.69) is 17.2 Å². The highest BCUT2D eigenvalue weighted by molar-refractivity contribution is 5.81. The van der Waals surface area contributed by atoms with Crippen LogP contribution < -0.4 is 16.6 Å². The largest absolute Gasteiger partial charge is 0.355 e. The fourth-order valence-corrected chi connectivity index (χ4v) is 2.20. The van der Waals surface area contributed by atoms with Crippen LogP contribution in [0.3, 0.4) is 0 Å². The highest BCUT2D eigenvalue weighted by atomic mass is 16.2. The van der Waals surface area contributed by atoms with Crippen LogP contribution in [-0.2, 0) is 11.3 Å². The van der Waals surface area contributed by atoms with Crippen LogP contribution in [0, 0.1) is 0 Å². The molecule has 112 valence electrons. The van der Waals surface area contributed by atoms with E-state index in [0.29, 0.717) is 17.4 Å². The predicted octanol–water partition coefficient (Wildman–Crippen LogP) is 0.996. The van der Waals surface area contributed by atoms with Gasteiger partial charge in [-0.05, 0) is 18.6 Å². The highest BCUT2D eigenvalue weighted by Gasteiger charge is 2.10. The van der Waals surface area contributed by atoms with E-state index in [1.165, 1.54) is 4.57 Å². The van der Waals surface area contributed by atoms with Gasteiger partial charge in [-0.2, -0.15) is 0 Å². The Morgan fingerprint density at radius 2 is 2.00 bits per heavy atom. The van der Waals surface area contributed by atoms with Crippen LogP contribution in [0.1, 0.15) is 26.2 Å². The van der Waals surface area contributed by atoms with Crippen LogP contribution in [0.4, 0.5) is 0 Å². The van der Waals surface area contributed by atoms with Gasteiger partial charge in [-0.3, -0.25) is 19.1 Å². The predicted molar refractivity (Wildman–Crippen MR) is 81.4 cm³/mol. The molecule has 0 aliphatic heterocycles. The van der Waals surface area contributed by atoms with Crippen molar-refractivity contribution in [1.82, 2.24) is 14.9 Å². The average Bonchev–Trinajstić information content (AvgIpc) is 2.48. The number of fused-ring (bicyclic) bond motifs is 1. The maximum absolute atomic E-state index is 11.9. The molecule has 0 spiro atoms. The first-order chi connectivity index (χ1) is 10.1. The van der Waals surface area contributed by atoms with E-state index in [0.717, 1.165) is 19.3 Å². The van der Waals surface area contributed by atoms with Gasteiger partial charge in [0.25, 0.3) is 5.56 Å². The van der Waals surface area contributed by atoms with Crippen LogP contribution >= 0.6 is 0 Å². The van der Waals surface area contributed by atoms with Crippen LogP contribution in [-0.4, -0.2) is 22.0 Å². The topological polar surface area (TPSA) is 84.0 Å². The molecule has 0 saturated heterocycles. The van der Waals surface area contributed by atoms with Gasteiger partial charge < -0.3 is 5.32 Å². The number of aromatic nitrogens is 2. The van der Waals surface area contributed by atoms with E-state index in [9.17, 15) is 14.4 Å². The number of nitrogens with zero attached hydrogens (tertiary/aromatic N) is 1. The minimum Gasteiger partial charge on any atom is -0.355 e. The van der Waals surface area contributed by atoms with Crippen molar-refractivity contribution in [1.29, 1.82) is 0 Å². The molecule has 0 unspecified atom stereocenters. The van der Waals surface area contributed by atoms with Crippen molar-refractivity contribution in [3.8, 4) is 0 Å². The Labute approximate surface area is 121 Å². The number of nitrogens with one attached hydrogen (secondary N) is 2. The Morgan fingerprint density at radius 1 is 1.24 bits per heavy atom. The molecular formula is C15H19N3O3. The van der Waals surface area contributed by atoms with Gasteiger partial charge in [-0.1, -0.05) is 31.9 Å². The smallest absolute Gasteiger partial charge is 0.329 e. The van der Waals surface area contributed by atoms with Gasteiger partial charge in [0.15, 0.2) is 0 Å². The second kappa shape index (κ2) is 6.88. The first kappa shape index (κ1) is 15.0. The average molecular weight is 289 g/mol. The van der Waals surface area contributed by atoms with Gasteiger partial charge in [0.1, 0.15) is 6.54 Å². The lowest BCUT2D eigenvalue weighted by Crippen LogP contribution is -2.36. The molecule has 1 heterocycles. The van der Waals surface area contributed by atoms with Gasteiger partial charge in [-0.15, -0.1) is 0 Å². The first-order valence-corrected chi connectivity index (χ1v) is 7.12. The third kappa shape index (κ3) is 3.59. The molecule has 2 rings (SSSR count). The lowest BCUT2D eigenvalue weighted by molar-refractivity contribution is -0.121. The van der Waals surface area contributed by atoms with Gasteiger partial charge in [0.05, 0.1) is 10.9 Å². The number of hydrogen-bond donors (Lipinski definition) is 2. The summed E-state index contributed by atoms with van der Waals surface area (Å²) in [5.74, 6) is -0.231. The summed E-state index contributed by atoms with van der Waals surface area (Å²) in [6, 6.07) is 6.74. The number of amides is 1. The molecule has 0 aliphatic rings. The maximum atomic E-state index is 11.9. The molecule has 0 atom stereocenters. The Morgan fingerprint density at radius 3 is 2.76 bits per heavy atom. The van der Waals surface area contributed by atoms with Gasteiger partial charge in [0.2, 0.25) is 5.91 Å². The van der Waals surface area contributed by atoms with Crippen LogP contribution in [0.25, 0.3) is 10.9 Å². The summed E-state index contributed by atoms with van der Waals surface area (Å²) in [6.45, 7) is 2.60. The normalized spacial score (nSPS) is 10.7. The van der Waals surface area contributed by atoms with E-state index in [-0.39, 0.29) is 12.5 Å². The Bertz CT molecular complexity index is 746. The highest BCUT2D eigenvalue weighted by Crippen LogP contribution is 2.06. The standard InChI is InChI=1S/C15H19N3O3/c1-2-3-6-9-16-13(19)10-18-12-8-5-4-7-11(12)14(20)17-15(18)21/h4-5,7-8H,2-3,6,9-10H2,1H3,(H,16,19)(H,17,20,21). The molecule has 6 heteroatoms. The zero-order valence-electron chi connectivity index (χ0n) is 12.0. The van der Waals surface area contributed by atoms with Crippen molar-refractivity contribution < 1.29 is 4.79 Å². The molecule has 2 aromatic rings. The molecular weight excluding hydrogens is 270 g/mol. The second-order valence-electron chi connectivity index (χ2n) is 4.92. The molecule has 0 aliphatic carbocycles. The number of carbonyl (C=O) groups is 1. The van der Waals surface area contributed by atoms with E-state index in [1.54, 1.807) is 24.3 Å². The Balaban J connectivity index is 2.20. The van der Waals surface area contributed by atoms with Crippen molar-refractivity contribution in [3.63, 3.8) is 0 Å². The number of carbonyl (C=O) groups excluding carboxylic acids is 1. The molecule has 1 aromatic carbocycles. The van der Waals surface area contributed by atoms with Crippen molar-refractivity contribution in [2.75, 3.05) is 6.54 Å². The van der Waals surface area contributed by atoms with Crippen molar-refractivity contribution in [3.05, 3.63) is 45.1 Å². The molecule has 0 radical (unpaired) electrons. The summed E-state index contributed by atoms with van der Waals surface area (Å²) in [6.07, 6.45) is 3.06. The first-order valence-electron chi connectivity index (χ1n) is 7.12. The minimum atomic E-state index is -0.567. The number of rotatable bonds is 6. The van der Waals surface area contributed by atoms with Gasteiger partial charge in [0, 0.05) is 6.54 Å². The van der Waals surface area contributed by atoms with Crippen molar-refractivity contribution in [2.24, 2.45) is 0 Å². The SMILES string of the molecule is CCCCCNC(=O)Cn1c(=O)[nH]c(=O)c2ccccc21. The summed E-state index contributed by atoms with van der Waals surface area (Å²) in [5, 5.41) is 3.18. The summed E-state index contributed by atoms with van der Waals surface area (Å²) in [4.78, 5) is 37.7. The monoisotopic (exact) mass is 289 g/mol. The van der Waals surface area contributed by atoms with Gasteiger partial charge in [-0.25, -0.2) is 4.79 Å². The molecule has 1 amide bonds. The summed E-state index contributed by atoms with van der Waals surface area (Å²) < 4.78 is 1.28. The molecule has 6 nitrogen and oxygen atoms in total. The lowest BCUT2D eigenvalue weighted by Gasteiger charge is -2.09. The van der Waals surface area contributed by atoms with Crippen molar-refractivity contribution in [2.45, 2.75) is 32.7 Å². The summed E-state index contributed by atoms with van der Waals surface area (Å²) in [7, 11) is 0. The van der Waals surface area contributed by atoms with Gasteiger partial charge >= 0.3 is 5.69 Å². The third-order valence-corrected chi connectivity index (χ3v) is 3.31. The summed E-state index contributed by atoms with van der Waals surface area (Å²) >= 11 is 0. The molecule has 0 saturated carbocycles. The molecule has 21 heavy (non-hydrogen) atoms. The van der Waals surface area contributed by atoms with E-state index in [1.807, 2.05) is 0 Å². The number of aromatic amines is 1. The number of para-hydroxylation sites is 1. The minimum absolute atomic E-state index is 0.0950. The van der Waals surface area contributed by atoms with E-state index < -0.39 is 11.2 Å². The summed E-state index contributed by atoms with van der Waals surface area (Å²) in [5.41, 5.74) is -0.535. The van der Waals surface area contributed by atoms with Crippen LogP contribution in [0.2, 0.25) is 0 Å². The number of unbranched alkanes of at least 4 members (excludes halogenated alkanes) is 2. The van der Waals surface area contributed by atoms with E-state index in [4.69, 9.17) is 0 Å². The molecule has 1 aromatic heterocycles. The van der Waals surface area contributed by atoms with Crippen molar-refractivity contribution >= 4 is 16.8 Å². The Hall–Kier alpha value is -2.37. The second-order valence-corrected chi connectivity index (χ2v) is 4.92. The van der Waals surface area contributed by atoms with E-state index >= 15 is 0 Å².